The maximum atomic E-state index is 9.51. The third-order valence-electron chi connectivity index (χ3n) is 4.44. The van der Waals surface area contributed by atoms with Gasteiger partial charge in [0, 0.05) is 25.8 Å². The molecule has 1 saturated heterocycles. The molecule has 0 saturated carbocycles. The molecule has 0 aromatic rings. The maximum Gasteiger partial charge on any atom is 0.106 e. The molecule has 21 heavy (non-hydrogen) atoms. The van der Waals surface area contributed by atoms with E-state index in [1.165, 1.54) is 12.8 Å². The van der Waals surface area contributed by atoms with E-state index in [1.54, 1.807) is 0 Å². The minimum Gasteiger partial charge on any atom is -0.381 e. The number of ether oxygens (including phenoxy) is 1. The Labute approximate surface area is 130 Å². The molecule has 1 aliphatic heterocycles. The highest BCUT2D eigenvalue weighted by Gasteiger charge is 2.28. The van der Waals surface area contributed by atoms with Gasteiger partial charge in [0.05, 0.1) is 6.07 Å². The van der Waals surface area contributed by atoms with Crippen molar-refractivity contribution in [3.05, 3.63) is 0 Å². The lowest BCUT2D eigenvalue weighted by molar-refractivity contribution is 0.0554. The lowest BCUT2D eigenvalue weighted by Gasteiger charge is -2.31. The summed E-state index contributed by atoms with van der Waals surface area (Å²) in [4.78, 5) is 2.42. The predicted molar refractivity (Wildman–Crippen MR) is 87.2 cm³/mol. The number of hydrogen-bond donors (Lipinski definition) is 1. The van der Waals surface area contributed by atoms with Gasteiger partial charge < -0.3 is 9.64 Å². The van der Waals surface area contributed by atoms with Gasteiger partial charge in [-0.15, -0.1) is 0 Å². The molecule has 1 heterocycles. The van der Waals surface area contributed by atoms with Crippen LogP contribution in [0.4, 0.5) is 0 Å². The van der Waals surface area contributed by atoms with E-state index in [0.717, 1.165) is 51.5 Å². The molecule has 0 bridgehead atoms. The van der Waals surface area contributed by atoms with Crippen molar-refractivity contribution in [3.8, 4) is 6.07 Å². The molecule has 0 aromatic heterocycles. The number of hydrogen-bond acceptors (Lipinski definition) is 4. The summed E-state index contributed by atoms with van der Waals surface area (Å²) in [5.41, 5.74) is -0.353. The van der Waals surface area contributed by atoms with E-state index in [0.29, 0.717) is 6.04 Å². The minimum absolute atomic E-state index is 0.351. The first-order chi connectivity index (χ1) is 10.0. The molecule has 4 heteroatoms. The van der Waals surface area contributed by atoms with Gasteiger partial charge in [-0.2, -0.15) is 5.26 Å². The first-order valence-corrected chi connectivity index (χ1v) is 8.46. The van der Waals surface area contributed by atoms with Gasteiger partial charge in [0.15, 0.2) is 0 Å². The van der Waals surface area contributed by atoms with Crippen LogP contribution in [-0.4, -0.2) is 49.8 Å². The van der Waals surface area contributed by atoms with Gasteiger partial charge >= 0.3 is 0 Å². The topological polar surface area (TPSA) is 48.3 Å². The summed E-state index contributed by atoms with van der Waals surface area (Å²) in [6.45, 7) is 10.4. The summed E-state index contributed by atoms with van der Waals surface area (Å²) in [6, 6.07) is 2.86. The van der Waals surface area contributed by atoms with Crippen LogP contribution in [0, 0.1) is 17.2 Å². The van der Waals surface area contributed by atoms with E-state index >= 15 is 0 Å². The Kier molecular flexibility index (Phi) is 8.24. The summed E-state index contributed by atoms with van der Waals surface area (Å²) in [7, 11) is 2.20. The predicted octanol–water partition coefficient (Wildman–Crippen LogP) is 2.80. The molecule has 1 unspecified atom stereocenters. The molecule has 1 aliphatic rings. The molecule has 0 aromatic carbocycles. The van der Waals surface area contributed by atoms with E-state index in [9.17, 15) is 5.26 Å². The molecule has 122 valence electrons. The standard InChI is InChI=1S/C17H33N3O/c1-5-17(14-18,19-15(2)3)9-6-10-20(4)13-16-7-11-21-12-8-16/h15-16,19H,5-13H2,1-4H3. The second-order valence-corrected chi connectivity index (χ2v) is 6.77. The molecule has 0 aliphatic carbocycles. The highest BCUT2D eigenvalue weighted by molar-refractivity contribution is 5.06. The van der Waals surface area contributed by atoms with Gasteiger partial charge in [-0.1, -0.05) is 6.92 Å². The fourth-order valence-electron chi connectivity index (χ4n) is 3.18. The van der Waals surface area contributed by atoms with E-state index in [-0.39, 0.29) is 5.54 Å². The molecule has 0 spiro atoms. The van der Waals surface area contributed by atoms with E-state index in [1.807, 2.05) is 0 Å². The Balaban J connectivity index is 2.30. The number of nitrogens with zero attached hydrogens (tertiary/aromatic N) is 2. The molecule has 1 N–H and O–H groups in total. The number of nitrogens with one attached hydrogen (secondary N) is 1. The second kappa shape index (κ2) is 9.40. The smallest absolute Gasteiger partial charge is 0.106 e. The molecule has 0 radical (unpaired) electrons. The minimum atomic E-state index is -0.353. The van der Waals surface area contributed by atoms with Gasteiger partial charge in [-0.05, 0) is 65.5 Å². The first kappa shape index (κ1) is 18.4. The Hall–Kier alpha value is -0.630. The average Bonchev–Trinajstić information content (AvgIpc) is 2.46. The van der Waals surface area contributed by atoms with E-state index in [2.05, 4.69) is 44.1 Å². The van der Waals surface area contributed by atoms with Crippen molar-refractivity contribution in [2.24, 2.45) is 5.92 Å². The summed E-state index contributed by atoms with van der Waals surface area (Å²) < 4.78 is 5.41. The van der Waals surface area contributed by atoms with Crippen molar-refractivity contribution in [2.45, 2.75) is 64.5 Å². The Morgan fingerprint density at radius 1 is 1.38 bits per heavy atom. The zero-order chi connectivity index (χ0) is 15.7. The Bertz CT molecular complexity index is 320. The molecule has 1 rings (SSSR count). The summed E-state index contributed by atoms with van der Waals surface area (Å²) in [5.74, 6) is 0.782. The monoisotopic (exact) mass is 295 g/mol. The third kappa shape index (κ3) is 6.78. The van der Waals surface area contributed by atoms with Crippen molar-refractivity contribution in [1.82, 2.24) is 10.2 Å². The average molecular weight is 295 g/mol. The first-order valence-electron chi connectivity index (χ1n) is 8.46. The highest BCUT2D eigenvalue weighted by Crippen LogP contribution is 2.19. The van der Waals surface area contributed by atoms with Gasteiger partial charge in [0.25, 0.3) is 0 Å². The van der Waals surface area contributed by atoms with Crippen molar-refractivity contribution in [2.75, 3.05) is 33.4 Å². The van der Waals surface area contributed by atoms with Crippen LogP contribution < -0.4 is 5.32 Å². The van der Waals surface area contributed by atoms with Gasteiger partial charge in [0.1, 0.15) is 5.54 Å². The van der Waals surface area contributed by atoms with Crippen LogP contribution >= 0.6 is 0 Å². The second-order valence-electron chi connectivity index (χ2n) is 6.77. The number of nitriles is 1. The molecule has 1 fully saturated rings. The summed E-state index contributed by atoms with van der Waals surface area (Å²) >= 11 is 0. The van der Waals surface area contributed by atoms with Crippen molar-refractivity contribution in [1.29, 1.82) is 5.26 Å². The molecule has 0 amide bonds. The van der Waals surface area contributed by atoms with E-state index < -0.39 is 0 Å². The highest BCUT2D eigenvalue weighted by atomic mass is 16.5. The fraction of sp³-hybridized carbons (Fsp3) is 0.941. The Morgan fingerprint density at radius 2 is 2.05 bits per heavy atom. The lowest BCUT2D eigenvalue weighted by atomic mass is 9.91. The van der Waals surface area contributed by atoms with Crippen molar-refractivity contribution >= 4 is 0 Å². The van der Waals surface area contributed by atoms with Crippen LogP contribution in [0.1, 0.15) is 52.9 Å². The molecular formula is C17H33N3O. The zero-order valence-corrected chi connectivity index (χ0v) is 14.3. The quantitative estimate of drug-likeness (QED) is 0.710. The summed E-state index contributed by atoms with van der Waals surface area (Å²) in [6.07, 6.45) is 5.25. The SMILES string of the molecule is CCC(C#N)(CCCN(C)CC1CCOCC1)NC(C)C. The third-order valence-corrected chi connectivity index (χ3v) is 4.44. The molecule has 1 atom stereocenters. The van der Waals surface area contributed by atoms with Crippen LogP contribution in [0.3, 0.4) is 0 Å². The van der Waals surface area contributed by atoms with Gasteiger partial charge in [0.2, 0.25) is 0 Å². The van der Waals surface area contributed by atoms with Crippen LogP contribution in [-0.2, 0) is 4.74 Å². The lowest BCUT2D eigenvalue weighted by Crippen LogP contribution is -2.47. The van der Waals surface area contributed by atoms with Gasteiger partial charge in [-0.25, -0.2) is 0 Å². The molecular weight excluding hydrogens is 262 g/mol. The fourth-order valence-corrected chi connectivity index (χ4v) is 3.18. The number of rotatable bonds is 9. The van der Waals surface area contributed by atoms with Crippen molar-refractivity contribution in [3.63, 3.8) is 0 Å². The zero-order valence-electron chi connectivity index (χ0n) is 14.3. The largest absolute Gasteiger partial charge is 0.381 e. The summed E-state index contributed by atoms with van der Waals surface area (Å²) in [5, 5.41) is 13.0. The van der Waals surface area contributed by atoms with Crippen molar-refractivity contribution < 1.29 is 4.74 Å². The van der Waals surface area contributed by atoms with Crippen LogP contribution in [0.2, 0.25) is 0 Å². The maximum absolute atomic E-state index is 9.51. The Morgan fingerprint density at radius 3 is 2.57 bits per heavy atom. The molecule has 4 nitrogen and oxygen atoms in total. The van der Waals surface area contributed by atoms with Crippen LogP contribution in [0.5, 0.6) is 0 Å². The van der Waals surface area contributed by atoms with Crippen LogP contribution in [0.15, 0.2) is 0 Å². The van der Waals surface area contributed by atoms with E-state index in [4.69, 9.17) is 4.74 Å². The van der Waals surface area contributed by atoms with Crippen LogP contribution in [0.25, 0.3) is 0 Å². The van der Waals surface area contributed by atoms with Gasteiger partial charge in [-0.3, -0.25) is 5.32 Å². The normalized spacial score (nSPS) is 19.7.